The molecule has 3 rings (SSSR count). The Morgan fingerprint density at radius 2 is 2.00 bits per heavy atom. The minimum atomic E-state index is -0.436. The van der Waals surface area contributed by atoms with E-state index in [1.807, 2.05) is 30.3 Å². The number of rotatable bonds is 6. The molecular weight excluding hydrogens is 354 g/mol. The largest absolute Gasteiger partial charge is 0.492 e. The molecule has 5 nitrogen and oxygen atoms in total. The first-order chi connectivity index (χ1) is 12.6. The van der Waals surface area contributed by atoms with Crippen LogP contribution in [-0.4, -0.2) is 31.6 Å². The molecule has 0 bridgehead atoms. The predicted molar refractivity (Wildman–Crippen MR) is 98.3 cm³/mol. The molecule has 1 aliphatic heterocycles. The van der Waals surface area contributed by atoms with Crippen LogP contribution in [0.25, 0.3) is 0 Å². The number of benzene rings is 2. The highest BCUT2D eigenvalue weighted by Gasteiger charge is 2.27. The Balaban J connectivity index is 1.40. The molecular formula is C20H20ClNO4. The second kappa shape index (κ2) is 8.72. The number of carbonyl (C=O) groups excluding carboxylic acids is 2. The van der Waals surface area contributed by atoms with Gasteiger partial charge in [0.25, 0.3) is 5.91 Å². The Morgan fingerprint density at radius 1 is 1.19 bits per heavy atom. The van der Waals surface area contributed by atoms with E-state index in [1.54, 1.807) is 18.2 Å². The molecule has 26 heavy (non-hydrogen) atoms. The molecule has 0 fully saturated rings. The monoisotopic (exact) mass is 373 g/mol. The van der Waals surface area contributed by atoms with Crippen molar-refractivity contribution in [2.24, 2.45) is 5.92 Å². The van der Waals surface area contributed by atoms with Crippen LogP contribution >= 0.6 is 11.6 Å². The fourth-order valence-corrected chi connectivity index (χ4v) is 3.01. The Hall–Kier alpha value is -2.53. The van der Waals surface area contributed by atoms with Gasteiger partial charge in [-0.1, -0.05) is 41.9 Å². The van der Waals surface area contributed by atoms with Crippen molar-refractivity contribution >= 4 is 23.5 Å². The topological polar surface area (TPSA) is 64.6 Å². The summed E-state index contributed by atoms with van der Waals surface area (Å²) in [5.41, 5.74) is 2.01. The summed E-state index contributed by atoms with van der Waals surface area (Å²) in [7, 11) is 0. The van der Waals surface area contributed by atoms with Crippen molar-refractivity contribution in [2.75, 3.05) is 19.8 Å². The van der Waals surface area contributed by atoms with Crippen molar-refractivity contribution in [1.82, 2.24) is 5.32 Å². The summed E-state index contributed by atoms with van der Waals surface area (Å²) in [6.07, 6.45) is 1.22. The van der Waals surface area contributed by atoms with Crippen molar-refractivity contribution in [1.29, 1.82) is 0 Å². The lowest BCUT2D eigenvalue weighted by Gasteiger charge is -2.24. The zero-order valence-electron chi connectivity index (χ0n) is 14.2. The number of carbonyl (C=O) groups is 2. The van der Waals surface area contributed by atoms with Crippen molar-refractivity contribution in [3.05, 3.63) is 64.7 Å². The number of fused-ring (bicyclic) bond motifs is 1. The Labute approximate surface area is 157 Å². The molecule has 0 unspecified atom stereocenters. The molecule has 1 amide bonds. The molecule has 1 aliphatic rings. The van der Waals surface area contributed by atoms with E-state index in [1.165, 1.54) is 0 Å². The van der Waals surface area contributed by atoms with Gasteiger partial charge >= 0.3 is 5.97 Å². The molecule has 6 heteroatoms. The summed E-state index contributed by atoms with van der Waals surface area (Å²) in [6.45, 7) is 0.453. The van der Waals surface area contributed by atoms with Crippen LogP contribution in [0.5, 0.6) is 5.75 Å². The molecule has 0 aromatic heterocycles. The molecule has 0 radical (unpaired) electrons. The van der Waals surface area contributed by atoms with Gasteiger partial charge in [0.15, 0.2) is 6.61 Å². The highest BCUT2D eigenvalue weighted by atomic mass is 35.5. The molecule has 2 aromatic carbocycles. The summed E-state index contributed by atoms with van der Waals surface area (Å²) in [4.78, 5) is 24.0. The molecule has 2 aromatic rings. The lowest BCUT2D eigenvalue weighted by molar-refractivity contribution is -0.153. The normalized spacial score (nSPS) is 15.5. The molecule has 0 saturated heterocycles. The SMILES string of the molecule is O=C(COC(=O)[C@@H]1COc2ccc(Cl)cc2C1)NCCc1ccccc1. The average Bonchev–Trinajstić information content (AvgIpc) is 2.66. The van der Waals surface area contributed by atoms with Crippen LogP contribution < -0.4 is 10.1 Å². The molecule has 0 spiro atoms. The first-order valence-electron chi connectivity index (χ1n) is 8.50. The maximum Gasteiger partial charge on any atom is 0.313 e. The Morgan fingerprint density at radius 3 is 2.81 bits per heavy atom. The molecule has 1 atom stereocenters. The summed E-state index contributed by atoms with van der Waals surface area (Å²) < 4.78 is 10.7. The molecule has 1 heterocycles. The van der Waals surface area contributed by atoms with Gasteiger partial charge in [-0.25, -0.2) is 0 Å². The van der Waals surface area contributed by atoms with E-state index in [0.29, 0.717) is 18.0 Å². The van der Waals surface area contributed by atoms with E-state index >= 15 is 0 Å². The summed E-state index contributed by atoms with van der Waals surface area (Å²) in [6, 6.07) is 15.2. The van der Waals surface area contributed by atoms with Gasteiger partial charge in [0.05, 0.1) is 5.92 Å². The number of esters is 1. The summed E-state index contributed by atoms with van der Waals surface area (Å²) in [5.74, 6) is -0.446. The van der Waals surface area contributed by atoms with Gasteiger partial charge in [0.1, 0.15) is 12.4 Å². The molecule has 136 valence electrons. The van der Waals surface area contributed by atoms with Crippen LogP contribution in [-0.2, 0) is 27.2 Å². The first-order valence-corrected chi connectivity index (χ1v) is 8.88. The van der Waals surface area contributed by atoms with Gasteiger partial charge in [-0.2, -0.15) is 0 Å². The Kier molecular flexibility index (Phi) is 6.12. The second-order valence-corrected chi connectivity index (χ2v) is 6.59. The molecule has 1 N–H and O–H groups in total. The van der Waals surface area contributed by atoms with E-state index in [0.717, 1.165) is 23.3 Å². The summed E-state index contributed by atoms with van der Waals surface area (Å²) in [5, 5.41) is 3.34. The van der Waals surface area contributed by atoms with Crippen LogP contribution in [0.3, 0.4) is 0 Å². The quantitative estimate of drug-likeness (QED) is 0.791. The zero-order chi connectivity index (χ0) is 18.4. The minimum absolute atomic E-state index is 0.239. The van der Waals surface area contributed by atoms with E-state index < -0.39 is 11.9 Å². The lowest BCUT2D eigenvalue weighted by Crippen LogP contribution is -2.34. The fourth-order valence-electron chi connectivity index (χ4n) is 2.81. The van der Waals surface area contributed by atoms with Gasteiger partial charge in [0.2, 0.25) is 0 Å². The number of hydrogen-bond acceptors (Lipinski definition) is 4. The molecule has 0 aliphatic carbocycles. The number of hydrogen-bond donors (Lipinski definition) is 1. The number of halogens is 1. The van der Waals surface area contributed by atoms with E-state index in [4.69, 9.17) is 21.1 Å². The van der Waals surface area contributed by atoms with Crippen LogP contribution in [0.15, 0.2) is 48.5 Å². The zero-order valence-corrected chi connectivity index (χ0v) is 15.0. The minimum Gasteiger partial charge on any atom is -0.492 e. The third-order valence-corrected chi connectivity index (χ3v) is 4.42. The maximum absolute atomic E-state index is 12.2. The number of ether oxygens (including phenoxy) is 2. The van der Waals surface area contributed by atoms with Crippen LogP contribution in [0.1, 0.15) is 11.1 Å². The van der Waals surface area contributed by atoms with Gasteiger partial charge in [-0.3, -0.25) is 9.59 Å². The van der Waals surface area contributed by atoms with E-state index in [2.05, 4.69) is 5.32 Å². The van der Waals surface area contributed by atoms with Crippen LogP contribution in [0.2, 0.25) is 5.02 Å². The van der Waals surface area contributed by atoms with Crippen LogP contribution in [0, 0.1) is 5.92 Å². The smallest absolute Gasteiger partial charge is 0.313 e. The predicted octanol–water partition coefficient (Wildman–Crippen LogP) is 2.79. The van der Waals surface area contributed by atoms with Crippen LogP contribution in [0.4, 0.5) is 0 Å². The Bertz CT molecular complexity index is 779. The average molecular weight is 374 g/mol. The first kappa shape index (κ1) is 18.3. The van der Waals surface area contributed by atoms with E-state index in [-0.39, 0.29) is 19.1 Å². The van der Waals surface area contributed by atoms with Crippen molar-refractivity contribution in [3.8, 4) is 5.75 Å². The highest BCUT2D eigenvalue weighted by Crippen LogP contribution is 2.30. The maximum atomic E-state index is 12.2. The lowest BCUT2D eigenvalue weighted by atomic mass is 9.97. The van der Waals surface area contributed by atoms with Gasteiger partial charge in [-0.05, 0) is 42.2 Å². The van der Waals surface area contributed by atoms with Gasteiger partial charge < -0.3 is 14.8 Å². The van der Waals surface area contributed by atoms with Gasteiger partial charge in [0, 0.05) is 11.6 Å². The van der Waals surface area contributed by atoms with Gasteiger partial charge in [-0.15, -0.1) is 0 Å². The van der Waals surface area contributed by atoms with Crippen molar-refractivity contribution < 1.29 is 19.1 Å². The molecule has 0 saturated carbocycles. The second-order valence-electron chi connectivity index (χ2n) is 6.16. The highest BCUT2D eigenvalue weighted by molar-refractivity contribution is 6.30. The summed E-state index contributed by atoms with van der Waals surface area (Å²) >= 11 is 5.97. The van der Waals surface area contributed by atoms with E-state index in [9.17, 15) is 9.59 Å². The number of amides is 1. The standard InChI is InChI=1S/C20H20ClNO4/c21-17-6-7-18-15(11-17)10-16(12-25-18)20(24)26-13-19(23)22-9-8-14-4-2-1-3-5-14/h1-7,11,16H,8-10,12-13H2,(H,22,23)/t16-/m0/s1. The number of nitrogens with one attached hydrogen (secondary N) is 1. The third kappa shape index (κ3) is 4.99. The van der Waals surface area contributed by atoms with Crippen molar-refractivity contribution in [3.63, 3.8) is 0 Å². The van der Waals surface area contributed by atoms with Crippen molar-refractivity contribution in [2.45, 2.75) is 12.8 Å². The third-order valence-electron chi connectivity index (χ3n) is 4.19. The fraction of sp³-hybridized carbons (Fsp3) is 0.300.